The maximum absolute atomic E-state index is 13.0. The van der Waals surface area contributed by atoms with E-state index in [1.807, 2.05) is 0 Å². The highest BCUT2D eigenvalue weighted by molar-refractivity contribution is 6.18. The summed E-state index contributed by atoms with van der Waals surface area (Å²) in [5, 5.41) is 19.6. The van der Waals surface area contributed by atoms with Gasteiger partial charge in [-0.3, -0.25) is 9.89 Å². The van der Waals surface area contributed by atoms with E-state index in [4.69, 9.17) is 10.1 Å². The number of aromatic amines is 1. The molecule has 3 heterocycles. The van der Waals surface area contributed by atoms with Crippen LogP contribution >= 0.6 is 0 Å². The average Bonchev–Trinajstić information content (AvgIpc) is 3.37. The van der Waals surface area contributed by atoms with Gasteiger partial charge in [0.15, 0.2) is 0 Å². The Hall–Kier alpha value is -4.02. The van der Waals surface area contributed by atoms with E-state index in [2.05, 4.69) is 30.6 Å². The number of carbonyl (C=O) groups is 1. The summed E-state index contributed by atoms with van der Waals surface area (Å²) < 4.78 is 36.1. The lowest BCUT2D eigenvalue weighted by atomic mass is 10.0. The summed E-state index contributed by atoms with van der Waals surface area (Å²) in [4.78, 5) is 16.7. The minimum Gasteiger partial charge on any atom is -0.493 e. The normalized spacial score (nSPS) is 16.0. The van der Waals surface area contributed by atoms with Crippen molar-refractivity contribution >= 4 is 24.0 Å². The number of benzene rings is 1. The van der Waals surface area contributed by atoms with Crippen LogP contribution in [0.2, 0.25) is 0 Å². The summed E-state index contributed by atoms with van der Waals surface area (Å²) in [6.45, 7) is -2.59. The standard InChI is InChI=1S/C19H16F2N6O3/c20-19(21)30-15-6-10-2-5-29-14(10)7-11(15)16-13(9-25-27-16)26-18(28)12(8-22)17-23-3-1-4-24-17/h1,3-4,6-9,19,22-23H,2,5H2,(H,25,27)(H,26,28)/b17-12-,22-8?. The van der Waals surface area contributed by atoms with Crippen LogP contribution in [-0.2, 0) is 11.2 Å². The van der Waals surface area contributed by atoms with E-state index in [9.17, 15) is 13.6 Å². The number of anilines is 1. The molecule has 1 aromatic heterocycles. The van der Waals surface area contributed by atoms with Gasteiger partial charge in [-0.05, 0) is 18.2 Å². The predicted octanol–water partition coefficient (Wildman–Crippen LogP) is 2.60. The maximum Gasteiger partial charge on any atom is 0.387 e. The fourth-order valence-corrected chi connectivity index (χ4v) is 3.08. The highest BCUT2D eigenvalue weighted by atomic mass is 19.3. The number of ether oxygens (including phenoxy) is 2. The molecule has 1 aromatic carbocycles. The van der Waals surface area contributed by atoms with Crippen LogP contribution in [0.1, 0.15) is 5.56 Å². The summed E-state index contributed by atoms with van der Waals surface area (Å²) >= 11 is 0. The molecule has 1 amide bonds. The van der Waals surface area contributed by atoms with Crippen LogP contribution < -0.4 is 20.1 Å². The number of aromatic nitrogens is 2. The van der Waals surface area contributed by atoms with E-state index in [-0.39, 0.29) is 34.1 Å². The Morgan fingerprint density at radius 1 is 1.40 bits per heavy atom. The lowest BCUT2D eigenvalue weighted by molar-refractivity contribution is -0.112. The van der Waals surface area contributed by atoms with Crippen molar-refractivity contribution in [3.63, 3.8) is 0 Å². The van der Waals surface area contributed by atoms with Gasteiger partial charge in [-0.1, -0.05) is 0 Å². The number of carbonyl (C=O) groups excluding carboxylic acids is 1. The number of nitrogens with zero attached hydrogens (tertiary/aromatic N) is 2. The van der Waals surface area contributed by atoms with E-state index < -0.39 is 12.5 Å². The zero-order valence-corrected chi connectivity index (χ0v) is 15.4. The molecular formula is C19H16F2N6O3. The Morgan fingerprint density at radius 2 is 2.27 bits per heavy atom. The summed E-state index contributed by atoms with van der Waals surface area (Å²) in [7, 11) is 0. The molecule has 2 aromatic rings. The molecule has 9 nitrogen and oxygen atoms in total. The highest BCUT2D eigenvalue weighted by Gasteiger charge is 2.24. The SMILES string of the molecule is N=C/C(C(=O)Nc1c[nH]nc1-c1cc2c(cc1OC(F)F)CCO2)=C1/N=CC=CN1. The average molecular weight is 414 g/mol. The monoisotopic (exact) mass is 414 g/mol. The highest BCUT2D eigenvalue weighted by Crippen LogP contribution is 2.41. The lowest BCUT2D eigenvalue weighted by Gasteiger charge is -2.14. The largest absolute Gasteiger partial charge is 0.493 e. The molecule has 4 rings (SSSR count). The van der Waals surface area contributed by atoms with Crippen molar-refractivity contribution in [3.8, 4) is 22.8 Å². The number of aliphatic imine (C=N–C) groups is 1. The molecule has 2 aliphatic rings. The molecule has 0 spiro atoms. The number of hydrogen-bond acceptors (Lipinski definition) is 7. The van der Waals surface area contributed by atoms with Gasteiger partial charge in [-0.25, -0.2) is 4.99 Å². The Bertz CT molecular complexity index is 1090. The number of hydrogen-bond donors (Lipinski definition) is 4. The van der Waals surface area contributed by atoms with Gasteiger partial charge in [0.2, 0.25) is 0 Å². The molecule has 0 aliphatic carbocycles. The van der Waals surface area contributed by atoms with E-state index in [0.29, 0.717) is 18.8 Å². The van der Waals surface area contributed by atoms with Crippen LogP contribution in [0.5, 0.6) is 11.5 Å². The lowest BCUT2D eigenvalue weighted by Crippen LogP contribution is -2.21. The zero-order valence-electron chi connectivity index (χ0n) is 15.4. The number of alkyl halides is 2. The van der Waals surface area contributed by atoms with Crippen molar-refractivity contribution < 1.29 is 23.0 Å². The smallest absolute Gasteiger partial charge is 0.387 e. The first kappa shape index (κ1) is 19.3. The van der Waals surface area contributed by atoms with E-state index in [0.717, 1.165) is 11.8 Å². The predicted molar refractivity (Wildman–Crippen MR) is 105 cm³/mol. The first-order valence-corrected chi connectivity index (χ1v) is 8.87. The van der Waals surface area contributed by atoms with Gasteiger partial charge < -0.3 is 25.5 Å². The van der Waals surface area contributed by atoms with Gasteiger partial charge >= 0.3 is 6.61 Å². The van der Waals surface area contributed by atoms with Crippen molar-refractivity contribution in [2.24, 2.45) is 4.99 Å². The Kier molecular flexibility index (Phi) is 5.24. The zero-order chi connectivity index (χ0) is 21.1. The van der Waals surface area contributed by atoms with Crippen LogP contribution in [0, 0.1) is 5.41 Å². The van der Waals surface area contributed by atoms with Gasteiger partial charge in [-0.2, -0.15) is 13.9 Å². The number of nitrogens with one attached hydrogen (secondary N) is 4. The minimum absolute atomic E-state index is 0.0240. The number of amides is 1. The van der Waals surface area contributed by atoms with Gasteiger partial charge in [-0.15, -0.1) is 0 Å². The van der Waals surface area contributed by atoms with Gasteiger partial charge in [0.05, 0.1) is 23.4 Å². The van der Waals surface area contributed by atoms with Gasteiger partial charge in [0.1, 0.15) is 23.0 Å². The molecular weight excluding hydrogens is 398 g/mol. The van der Waals surface area contributed by atoms with Crippen molar-refractivity contribution in [1.82, 2.24) is 15.5 Å². The van der Waals surface area contributed by atoms with Crippen molar-refractivity contribution in [3.05, 3.63) is 47.6 Å². The van der Waals surface area contributed by atoms with E-state index >= 15 is 0 Å². The number of rotatable bonds is 6. The molecule has 0 saturated carbocycles. The summed E-state index contributed by atoms with van der Waals surface area (Å²) in [6, 6.07) is 3.04. The van der Waals surface area contributed by atoms with Crippen molar-refractivity contribution in [1.29, 1.82) is 5.41 Å². The Morgan fingerprint density at radius 3 is 3.00 bits per heavy atom. The van der Waals surface area contributed by atoms with Crippen LogP contribution in [0.4, 0.5) is 14.5 Å². The van der Waals surface area contributed by atoms with Gasteiger partial charge in [0, 0.05) is 36.8 Å². The fraction of sp³-hybridized carbons (Fsp3) is 0.158. The van der Waals surface area contributed by atoms with Crippen LogP contribution in [0.15, 0.2) is 47.0 Å². The molecule has 0 atom stereocenters. The third-order valence-corrected chi connectivity index (χ3v) is 4.40. The first-order chi connectivity index (χ1) is 14.6. The van der Waals surface area contributed by atoms with Crippen LogP contribution in [0.25, 0.3) is 11.3 Å². The fourth-order valence-electron chi connectivity index (χ4n) is 3.08. The Labute approximate surface area is 169 Å². The maximum atomic E-state index is 13.0. The summed E-state index contributed by atoms with van der Waals surface area (Å²) in [5.74, 6) is 0.0342. The molecule has 0 radical (unpaired) electrons. The molecule has 154 valence electrons. The van der Waals surface area contributed by atoms with E-state index in [1.165, 1.54) is 18.5 Å². The number of halogens is 2. The minimum atomic E-state index is -3.03. The summed E-state index contributed by atoms with van der Waals surface area (Å²) in [5.41, 5.74) is 1.36. The topological polar surface area (TPSA) is 124 Å². The second-order valence-corrected chi connectivity index (χ2v) is 6.22. The number of allylic oxidation sites excluding steroid dienone is 1. The second-order valence-electron chi connectivity index (χ2n) is 6.22. The molecule has 0 unspecified atom stereocenters. The van der Waals surface area contributed by atoms with Crippen molar-refractivity contribution in [2.75, 3.05) is 11.9 Å². The Balaban J connectivity index is 1.69. The first-order valence-electron chi connectivity index (χ1n) is 8.87. The number of fused-ring (bicyclic) bond motifs is 1. The summed E-state index contributed by atoms with van der Waals surface area (Å²) in [6.07, 6.45) is 7.53. The molecule has 2 aliphatic heterocycles. The van der Waals surface area contributed by atoms with Crippen LogP contribution in [0.3, 0.4) is 0 Å². The quantitative estimate of drug-likeness (QED) is 0.427. The van der Waals surface area contributed by atoms with Gasteiger partial charge in [0.25, 0.3) is 5.91 Å². The second kappa shape index (κ2) is 8.15. The van der Waals surface area contributed by atoms with Crippen molar-refractivity contribution in [2.45, 2.75) is 13.0 Å². The third kappa shape index (κ3) is 3.77. The molecule has 0 bridgehead atoms. The number of H-pyrrole nitrogens is 1. The third-order valence-electron chi connectivity index (χ3n) is 4.40. The molecule has 11 heteroatoms. The van der Waals surface area contributed by atoms with Crippen LogP contribution in [-0.4, -0.2) is 41.8 Å². The molecule has 0 saturated heterocycles. The molecule has 30 heavy (non-hydrogen) atoms. The molecule has 4 N–H and O–H groups in total. The van der Waals surface area contributed by atoms with E-state index in [1.54, 1.807) is 18.3 Å². The molecule has 0 fully saturated rings.